The summed E-state index contributed by atoms with van der Waals surface area (Å²) >= 11 is 0. The largest absolute Gasteiger partial charge is 0.456 e. The second-order valence-electron chi connectivity index (χ2n) is 6.90. The third-order valence-electron chi connectivity index (χ3n) is 3.41. The molecule has 26 heavy (non-hydrogen) atoms. The molecule has 6 nitrogen and oxygen atoms in total. The summed E-state index contributed by atoms with van der Waals surface area (Å²) in [5.41, 5.74) is 7.77. The van der Waals surface area contributed by atoms with Crippen LogP contribution in [0.25, 0.3) is 0 Å². The Morgan fingerprint density at radius 3 is 2.73 bits per heavy atom. The highest BCUT2D eigenvalue weighted by atomic mass is 16.6. The van der Waals surface area contributed by atoms with Crippen LogP contribution in [0.3, 0.4) is 0 Å². The summed E-state index contributed by atoms with van der Waals surface area (Å²) in [7, 11) is 0. The number of aromatic nitrogens is 1. The van der Waals surface area contributed by atoms with Crippen molar-refractivity contribution in [2.75, 3.05) is 6.54 Å². The van der Waals surface area contributed by atoms with E-state index in [-0.39, 0.29) is 5.97 Å². The zero-order valence-corrected chi connectivity index (χ0v) is 15.5. The van der Waals surface area contributed by atoms with E-state index in [4.69, 9.17) is 10.5 Å². The minimum absolute atomic E-state index is 0.343. The summed E-state index contributed by atoms with van der Waals surface area (Å²) in [6.45, 7) is 6.58. The summed E-state index contributed by atoms with van der Waals surface area (Å²) in [5, 5.41) is 3.07. The van der Waals surface area contributed by atoms with Crippen molar-refractivity contribution in [1.29, 1.82) is 0 Å². The van der Waals surface area contributed by atoms with Gasteiger partial charge in [-0.15, -0.1) is 0 Å². The zero-order chi connectivity index (χ0) is 19.0. The van der Waals surface area contributed by atoms with Crippen LogP contribution in [0.1, 0.15) is 42.4 Å². The molecule has 2 rings (SSSR count). The number of esters is 1. The first kappa shape index (κ1) is 19.4. The van der Waals surface area contributed by atoms with Gasteiger partial charge in [-0.3, -0.25) is 4.98 Å². The summed E-state index contributed by atoms with van der Waals surface area (Å²) in [5.74, 6) is 0.0217. The fourth-order valence-corrected chi connectivity index (χ4v) is 2.23. The molecule has 0 fully saturated rings. The van der Waals surface area contributed by atoms with E-state index < -0.39 is 5.60 Å². The zero-order valence-electron chi connectivity index (χ0n) is 15.5. The maximum atomic E-state index is 12.1. The Balaban J connectivity index is 1.86. The van der Waals surface area contributed by atoms with E-state index in [1.165, 1.54) is 0 Å². The molecule has 0 aliphatic carbocycles. The first-order chi connectivity index (χ1) is 12.3. The molecule has 1 heterocycles. The molecule has 0 aliphatic heterocycles. The number of rotatable bonds is 6. The van der Waals surface area contributed by atoms with Crippen molar-refractivity contribution in [2.24, 2.45) is 10.7 Å². The van der Waals surface area contributed by atoms with Gasteiger partial charge in [0.2, 0.25) is 0 Å². The minimum Gasteiger partial charge on any atom is -0.456 e. The summed E-state index contributed by atoms with van der Waals surface area (Å²) in [6, 6.07) is 13.0. The normalized spacial score (nSPS) is 11.9. The Kier molecular flexibility index (Phi) is 6.72. The van der Waals surface area contributed by atoms with Crippen LogP contribution in [0.5, 0.6) is 0 Å². The monoisotopic (exact) mass is 354 g/mol. The van der Waals surface area contributed by atoms with Crippen molar-refractivity contribution in [3.05, 3.63) is 65.5 Å². The molecular weight excluding hydrogens is 328 g/mol. The molecular formula is C20H26N4O2. The van der Waals surface area contributed by atoms with Gasteiger partial charge < -0.3 is 15.8 Å². The second kappa shape index (κ2) is 8.99. The molecule has 1 aromatic heterocycles. The molecule has 0 atom stereocenters. The molecule has 1 aromatic carbocycles. The predicted octanol–water partition coefficient (Wildman–Crippen LogP) is 2.68. The van der Waals surface area contributed by atoms with Gasteiger partial charge in [-0.2, -0.15) is 0 Å². The van der Waals surface area contributed by atoms with Gasteiger partial charge in [0.05, 0.1) is 12.1 Å². The van der Waals surface area contributed by atoms with E-state index in [0.717, 1.165) is 17.7 Å². The van der Waals surface area contributed by atoms with Gasteiger partial charge in [-0.05, 0) is 50.6 Å². The topological polar surface area (TPSA) is 89.6 Å². The molecule has 3 N–H and O–H groups in total. The number of pyridine rings is 1. The number of nitrogens with zero attached hydrogens (tertiary/aromatic N) is 2. The van der Waals surface area contributed by atoms with Crippen LogP contribution >= 0.6 is 0 Å². The van der Waals surface area contributed by atoms with Gasteiger partial charge in [0.15, 0.2) is 5.96 Å². The third-order valence-corrected chi connectivity index (χ3v) is 3.41. The van der Waals surface area contributed by atoms with Crippen LogP contribution in [0, 0.1) is 0 Å². The van der Waals surface area contributed by atoms with E-state index in [1.54, 1.807) is 18.3 Å². The van der Waals surface area contributed by atoms with Gasteiger partial charge in [-0.1, -0.05) is 18.2 Å². The van der Waals surface area contributed by atoms with Crippen LogP contribution < -0.4 is 11.1 Å². The quantitative estimate of drug-likeness (QED) is 0.473. The molecule has 0 amide bonds. The molecule has 6 heteroatoms. The van der Waals surface area contributed by atoms with Crippen LogP contribution in [-0.2, 0) is 17.7 Å². The van der Waals surface area contributed by atoms with E-state index >= 15 is 0 Å². The number of benzene rings is 1. The van der Waals surface area contributed by atoms with Crippen LogP contribution in [0.15, 0.2) is 53.7 Å². The highest BCUT2D eigenvalue weighted by Crippen LogP contribution is 2.13. The van der Waals surface area contributed by atoms with E-state index in [0.29, 0.717) is 24.6 Å². The number of ether oxygens (including phenoxy) is 1. The van der Waals surface area contributed by atoms with E-state index in [9.17, 15) is 4.79 Å². The lowest BCUT2D eigenvalue weighted by Gasteiger charge is -2.19. The van der Waals surface area contributed by atoms with Crippen molar-refractivity contribution >= 4 is 11.9 Å². The third kappa shape index (κ3) is 6.93. The number of hydrogen-bond acceptors (Lipinski definition) is 4. The molecule has 0 radical (unpaired) electrons. The maximum absolute atomic E-state index is 12.1. The van der Waals surface area contributed by atoms with Crippen molar-refractivity contribution in [3.63, 3.8) is 0 Å². The van der Waals surface area contributed by atoms with Crippen LogP contribution in [0.2, 0.25) is 0 Å². The Bertz CT molecular complexity index is 752. The van der Waals surface area contributed by atoms with Gasteiger partial charge in [0.1, 0.15) is 5.60 Å². The molecule has 2 aromatic rings. The Morgan fingerprint density at radius 2 is 2.04 bits per heavy atom. The summed E-state index contributed by atoms with van der Waals surface area (Å²) < 4.78 is 5.38. The number of nitrogens with two attached hydrogens (primary N) is 1. The lowest BCUT2D eigenvalue weighted by Crippen LogP contribution is -2.33. The number of nitrogens with one attached hydrogen (secondary N) is 1. The molecule has 138 valence electrons. The fraction of sp³-hybridized carbons (Fsp3) is 0.350. The SMILES string of the molecule is CC(C)(C)OC(=O)c1cccc(CN=C(N)NCCc2ccccn2)c1. The lowest BCUT2D eigenvalue weighted by molar-refractivity contribution is 0.00694. The molecule has 0 unspecified atom stereocenters. The highest BCUT2D eigenvalue weighted by molar-refractivity contribution is 5.89. The molecule has 0 aliphatic rings. The number of carbonyl (C=O) groups is 1. The van der Waals surface area contributed by atoms with Gasteiger partial charge >= 0.3 is 5.97 Å². The minimum atomic E-state index is -0.521. The number of aliphatic imine (C=N–C) groups is 1. The summed E-state index contributed by atoms with van der Waals surface area (Å²) in [6.07, 6.45) is 2.54. The van der Waals surface area contributed by atoms with Crippen LogP contribution in [-0.4, -0.2) is 29.1 Å². The Hall–Kier alpha value is -2.89. The Labute approximate surface area is 154 Å². The average Bonchev–Trinajstić information content (AvgIpc) is 2.60. The van der Waals surface area contributed by atoms with E-state index in [1.807, 2.05) is 51.1 Å². The average molecular weight is 354 g/mol. The second-order valence-corrected chi connectivity index (χ2v) is 6.90. The predicted molar refractivity (Wildman–Crippen MR) is 103 cm³/mol. The molecule has 0 spiro atoms. The summed E-state index contributed by atoms with van der Waals surface area (Å²) in [4.78, 5) is 20.7. The lowest BCUT2D eigenvalue weighted by atomic mass is 10.1. The van der Waals surface area contributed by atoms with Gasteiger partial charge in [0.25, 0.3) is 0 Å². The maximum Gasteiger partial charge on any atom is 0.338 e. The van der Waals surface area contributed by atoms with Crippen LogP contribution in [0.4, 0.5) is 0 Å². The van der Waals surface area contributed by atoms with Crippen molar-refractivity contribution in [3.8, 4) is 0 Å². The van der Waals surface area contributed by atoms with Crippen molar-refractivity contribution < 1.29 is 9.53 Å². The smallest absolute Gasteiger partial charge is 0.338 e. The molecule has 0 saturated carbocycles. The fourth-order valence-electron chi connectivity index (χ4n) is 2.23. The van der Waals surface area contributed by atoms with Crippen molar-refractivity contribution in [2.45, 2.75) is 39.3 Å². The standard InChI is InChI=1S/C20H26N4O2/c1-20(2,3)26-18(25)16-8-6-7-15(13-16)14-24-19(21)23-12-10-17-9-4-5-11-22-17/h4-9,11,13H,10,12,14H2,1-3H3,(H3,21,23,24). The Morgan fingerprint density at radius 1 is 1.23 bits per heavy atom. The number of carbonyl (C=O) groups excluding carboxylic acids is 1. The first-order valence-corrected chi connectivity index (χ1v) is 8.59. The van der Waals surface area contributed by atoms with Crippen molar-refractivity contribution in [1.82, 2.24) is 10.3 Å². The number of hydrogen-bond donors (Lipinski definition) is 2. The van der Waals surface area contributed by atoms with Gasteiger partial charge in [0, 0.05) is 24.9 Å². The molecule has 0 bridgehead atoms. The highest BCUT2D eigenvalue weighted by Gasteiger charge is 2.17. The first-order valence-electron chi connectivity index (χ1n) is 8.59. The van der Waals surface area contributed by atoms with Gasteiger partial charge in [-0.25, -0.2) is 9.79 Å². The van der Waals surface area contributed by atoms with E-state index in [2.05, 4.69) is 15.3 Å². The number of guanidine groups is 1. The molecule has 0 saturated heterocycles.